The minimum absolute atomic E-state index is 0.174. The first-order chi connectivity index (χ1) is 65.7. The van der Waals surface area contributed by atoms with Crippen LogP contribution in [0, 0.1) is 0 Å². The summed E-state index contributed by atoms with van der Waals surface area (Å²) in [5.41, 5.74) is 47.4. The van der Waals surface area contributed by atoms with E-state index < -0.39 is 5.41 Å². The molecule has 4 heterocycles. The molecule has 666 valence electrons. The lowest BCUT2D eigenvalue weighted by atomic mass is 9.30. The maximum absolute atomic E-state index is 8.45. The molecule has 137 heavy (non-hydrogen) atoms. The van der Waals surface area contributed by atoms with Crippen LogP contribution in [0.25, 0.3) is 99.8 Å². The molecule has 0 bridgehead atoms. The van der Waals surface area contributed by atoms with Gasteiger partial charge in [0.05, 0.1) is 22.5 Å². The molecule has 18 aromatic rings. The predicted octanol–water partition coefficient (Wildman–Crippen LogP) is 31.5. The van der Waals surface area contributed by atoms with Crippen LogP contribution in [0.2, 0.25) is 0 Å². The molecular formula is C131H115B2N3O. The molecule has 0 saturated heterocycles. The molecule has 0 radical (unpaired) electrons. The second-order valence-electron chi connectivity index (χ2n) is 45.5. The van der Waals surface area contributed by atoms with E-state index in [0.717, 1.165) is 129 Å². The number of benzene rings is 18. The number of hydrogen-bond acceptors (Lipinski definition) is 4. The zero-order chi connectivity index (χ0) is 94.2. The molecule has 6 aliphatic rings. The van der Waals surface area contributed by atoms with Crippen LogP contribution < -0.4 is 52.2 Å². The number of fused-ring (bicyclic) bond motifs is 20. The van der Waals surface area contributed by atoms with E-state index in [1.807, 2.05) is 0 Å². The van der Waals surface area contributed by atoms with Crippen molar-refractivity contribution in [1.82, 2.24) is 0 Å². The van der Waals surface area contributed by atoms with Gasteiger partial charge in [-0.3, -0.25) is 0 Å². The van der Waals surface area contributed by atoms with E-state index in [-0.39, 0.29) is 45.9 Å². The predicted molar refractivity (Wildman–Crippen MR) is 585 cm³/mol. The third-order valence-electron chi connectivity index (χ3n) is 30.7. The first-order valence-corrected chi connectivity index (χ1v) is 49.3. The molecule has 0 unspecified atom stereocenters. The summed E-state index contributed by atoms with van der Waals surface area (Å²) in [6.07, 6.45) is 0. The van der Waals surface area contributed by atoms with Crippen LogP contribution in [0.5, 0.6) is 11.5 Å². The molecule has 1 spiro atoms. The van der Waals surface area contributed by atoms with Gasteiger partial charge >= 0.3 is 0 Å². The molecule has 18 aromatic carbocycles. The molecule has 4 aliphatic heterocycles. The first-order valence-electron chi connectivity index (χ1n) is 49.3. The summed E-state index contributed by atoms with van der Waals surface area (Å²) >= 11 is 0. The maximum atomic E-state index is 8.45. The molecule has 0 fully saturated rings. The van der Waals surface area contributed by atoms with Crippen LogP contribution in [0.4, 0.5) is 51.2 Å². The minimum atomic E-state index is -0.588. The SMILES string of the molecule is CC(C)(C)c1cc(-c2cc3c4c(c2)N(c2c(-c5ccccc5)cc(C(C)(C)C)cc2-c2ccccc2)c2ccccc2B4c2cc4c(cc2N3c2cc(C(C)(C)C)cc(C(C)(C)C)c2)Oc2cc3cc(-c5cccc6c5C5(c7ccccc7-c7ccccc75)c5ccccc5-6)ccc3c3c2B4c2ccccc2N3c2c(-c3ccccc3)cc(C(C)(C)C)cc2-c2ccccc2)cc(C(C)(C)C)c1. The van der Waals surface area contributed by atoms with Gasteiger partial charge in [0, 0.05) is 67.8 Å². The van der Waals surface area contributed by atoms with Gasteiger partial charge in [0.15, 0.2) is 0 Å². The van der Waals surface area contributed by atoms with Crippen molar-refractivity contribution in [3.63, 3.8) is 0 Å². The van der Waals surface area contributed by atoms with Gasteiger partial charge in [-0.25, -0.2) is 0 Å². The lowest BCUT2D eigenvalue weighted by Crippen LogP contribution is -2.64. The minimum Gasteiger partial charge on any atom is -0.458 e. The molecule has 0 atom stereocenters. The van der Waals surface area contributed by atoms with E-state index in [4.69, 9.17) is 4.74 Å². The lowest BCUT2D eigenvalue weighted by Gasteiger charge is -2.46. The second kappa shape index (κ2) is 30.8. The Labute approximate surface area is 810 Å². The average molecular weight is 1770 g/mol. The van der Waals surface area contributed by atoms with Gasteiger partial charge in [-0.2, -0.15) is 0 Å². The van der Waals surface area contributed by atoms with Gasteiger partial charge in [0.2, 0.25) is 0 Å². The van der Waals surface area contributed by atoms with Crippen molar-refractivity contribution in [2.45, 2.75) is 163 Å². The highest BCUT2D eigenvalue weighted by atomic mass is 16.5. The quantitative estimate of drug-likeness (QED) is 0.134. The number of para-hydroxylation sites is 2. The van der Waals surface area contributed by atoms with Crippen LogP contribution in [0.15, 0.2) is 370 Å². The Morgan fingerprint density at radius 1 is 0.219 bits per heavy atom. The second-order valence-corrected chi connectivity index (χ2v) is 45.5. The maximum Gasteiger partial charge on any atom is 0.256 e. The van der Waals surface area contributed by atoms with Crippen LogP contribution in [-0.4, -0.2) is 13.4 Å². The van der Waals surface area contributed by atoms with Crippen LogP contribution >= 0.6 is 0 Å². The Morgan fingerprint density at radius 3 is 1.06 bits per heavy atom. The van der Waals surface area contributed by atoms with Crippen molar-refractivity contribution in [2.24, 2.45) is 0 Å². The third kappa shape index (κ3) is 13.4. The van der Waals surface area contributed by atoms with E-state index in [0.29, 0.717) is 0 Å². The Kier molecular flexibility index (Phi) is 19.2. The standard InChI is InChI=1S/C131H115B2N3O/c1-125(2,3)88-65-85(66-89(70-88)126(4,5)6)86-67-115-120-116(68-86)135(122-101(80-42-23-19-24-43-80)74-92(129(13,14)15)75-102(122)81-44-25-20-26-45-81)112-60-39-37-58-108(112)132(120)110-78-111-117(79-114(110)134(115)94-72-90(127(7,8)9)71-91(73-94)128(10,11)12)137-118-69-87-64-84(95-53-41-54-100-99-52-33-36-57-107(99)131(119(95)100)105-55-34-31-50-97(105)98-51-32-35-56-106(98)131)62-63-96(87)124-121(118)133(111)109-59-38-40-61-113(109)136(124)123-103(82-46-27-21-28-47-82)76-93(130(16,17)18)77-104(123)83-48-29-22-30-49-83/h19-79H,1-18H3. The smallest absolute Gasteiger partial charge is 0.256 e. The molecular weight excluding hydrogens is 1650 g/mol. The zero-order valence-corrected chi connectivity index (χ0v) is 82.1. The molecule has 24 rings (SSSR count). The Morgan fingerprint density at radius 2 is 0.591 bits per heavy atom. The summed E-state index contributed by atoms with van der Waals surface area (Å²) in [6, 6.07) is 144. The zero-order valence-electron chi connectivity index (χ0n) is 82.1. The largest absolute Gasteiger partial charge is 0.458 e. The number of nitrogens with zero attached hydrogens (tertiary/aromatic N) is 3. The third-order valence-corrected chi connectivity index (χ3v) is 30.7. The molecule has 0 aromatic heterocycles. The monoisotopic (exact) mass is 1770 g/mol. The average Bonchev–Trinajstić information content (AvgIpc) is 1.61. The summed E-state index contributed by atoms with van der Waals surface area (Å²) < 4.78 is 8.45. The number of ether oxygens (including phenoxy) is 1. The summed E-state index contributed by atoms with van der Waals surface area (Å²) in [4.78, 5) is 8.13. The van der Waals surface area contributed by atoms with E-state index in [9.17, 15) is 0 Å². The van der Waals surface area contributed by atoms with Gasteiger partial charge in [-0.05, 0) is 266 Å². The molecule has 0 saturated carbocycles. The number of hydrogen-bond donors (Lipinski definition) is 0. The topological polar surface area (TPSA) is 19.0 Å². The fourth-order valence-corrected chi connectivity index (χ4v) is 23.7. The van der Waals surface area contributed by atoms with Gasteiger partial charge in [0.25, 0.3) is 13.4 Å². The Hall–Kier alpha value is -14.5. The summed E-state index contributed by atoms with van der Waals surface area (Å²) in [5, 5.41) is 2.22. The first kappa shape index (κ1) is 85.5. The van der Waals surface area contributed by atoms with Crippen molar-refractivity contribution in [3.05, 3.63) is 426 Å². The van der Waals surface area contributed by atoms with Crippen molar-refractivity contribution in [2.75, 3.05) is 14.7 Å². The molecule has 0 N–H and O–H groups in total. The van der Waals surface area contributed by atoms with Gasteiger partial charge in [-0.15, -0.1) is 0 Å². The Balaban J connectivity index is 0.826. The summed E-state index contributed by atoms with van der Waals surface area (Å²) in [5.74, 6) is 1.67. The van der Waals surface area contributed by atoms with E-state index in [1.165, 1.54) is 122 Å². The van der Waals surface area contributed by atoms with Crippen LogP contribution in [0.3, 0.4) is 0 Å². The van der Waals surface area contributed by atoms with E-state index >= 15 is 0 Å². The fraction of sp³-hybridized carbons (Fsp3) is 0.191. The lowest BCUT2D eigenvalue weighted by molar-refractivity contribution is 0.488. The summed E-state index contributed by atoms with van der Waals surface area (Å²) in [6.45, 7) is 42.1. The normalized spacial score (nSPS) is 14.1. The van der Waals surface area contributed by atoms with Crippen LogP contribution in [0.1, 0.15) is 180 Å². The molecule has 6 heteroatoms. The van der Waals surface area contributed by atoms with Gasteiger partial charge in [-0.1, -0.05) is 416 Å². The van der Waals surface area contributed by atoms with Crippen molar-refractivity contribution in [3.8, 4) is 101 Å². The van der Waals surface area contributed by atoms with E-state index in [1.54, 1.807) is 0 Å². The highest BCUT2D eigenvalue weighted by Gasteiger charge is 2.55. The van der Waals surface area contributed by atoms with Gasteiger partial charge in [0.1, 0.15) is 11.5 Å². The number of rotatable bonds is 9. The Bertz CT molecular complexity index is 7810. The van der Waals surface area contributed by atoms with E-state index in [2.05, 4.69) is 509 Å². The number of anilines is 9. The highest BCUT2D eigenvalue weighted by Crippen LogP contribution is 2.66. The fourth-order valence-electron chi connectivity index (χ4n) is 23.7. The van der Waals surface area contributed by atoms with Gasteiger partial charge < -0.3 is 19.4 Å². The molecule has 4 nitrogen and oxygen atoms in total. The molecule has 2 aliphatic carbocycles. The van der Waals surface area contributed by atoms with Crippen molar-refractivity contribution >= 4 is 108 Å². The van der Waals surface area contributed by atoms with Crippen molar-refractivity contribution < 1.29 is 4.74 Å². The van der Waals surface area contributed by atoms with Crippen LogP contribution in [-0.2, 0) is 37.9 Å². The summed E-state index contributed by atoms with van der Waals surface area (Å²) in [7, 11) is 0. The highest BCUT2D eigenvalue weighted by molar-refractivity contribution is 7.03. The van der Waals surface area contributed by atoms with Crippen molar-refractivity contribution in [1.29, 1.82) is 0 Å². The molecule has 0 amide bonds.